The topological polar surface area (TPSA) is 53.2 Å². The van der Waals surface area contributed by atoms with E-state index in [4.69, 9.17) is 5.26 Å². The maximum atomic E-state index is 10.1. The largest absolute Gasteiger partial charge is 0.198 e. The highest BCUT2D eigenvalue weighted by atomic mass is 16.3. The SMILES string of the molecule is CCC(C#N)c1ccc(N=O)cc1. The molecule has 0 heterocycles. The second kappa shape index (κ2) is 4.36. The lowest BCUT2D eigenvalue weighted by Gasteiger charge is -2.04. The number of nitrogens with zero attached hydrogens (tertiary/aromatic N) is 2. The fourth-order valence-corrected chi connectivity index (χ4v) is 1.17. The Balaban J connectivity index is 2.92. The van der Waals surface area contributed by atoms with Gasteiger partial charge in [0.1, 0.15) is 5.69 Å². The van der Waals surface area contributed by atoms with Gasteiger partial charge in [0.2, 0.25) is 0 Å². The highest BCUT2D eigenvalue weighted by Gasteiger charge is 2.06. The average molecular weight is 174 g/mol. The van der Waals surface area contributed by atoms with Gasteiger partial charge in [0.05, 0.1) is 12.0 Å². The van der Waals surface area contributed by atoms with Gasteiger partial charge in [-0.3, -0.25) is 0 Å². The molecule has 0 aliphatic rings. The van der Waals surface area contributed by atoms with E-state index in [2.05, 4.69) is 11.2 Å². The summed E-state index contributed by atoms with van der Waals surface area (Å²) in [6.07, 6.45) is 0.782. The summed E-state index contributed by atoms with van der Waals surface area (Å²) in [5.41, 5.74) is 1.34. The Bertz CT molecular complexity index is 324. The molecule has 0 N–H and O–H groups in total. The molecule has 0 amide bonds. The van der Waals surface area contributed by atoms with Crippen LogP contribution in [0, 0.1) is 16.2 Å². The molecule has 0 aromatic heterocycles. The fourth-order valence-electron chi connectivity index (χ4n) is 1.17. The predicted molar refractivity (Wildman–Crippen MR) is 50.5 cm³/mol. The van der Waals surface area contributed by atoms with Crippen molar-refractivity contribution in [3.8, 4) is 6.07 Å². The van der Waals surface area contributed by atoms with Crippen LogP contribution in [0.25, 0.3) is 0 Å². The van der Waals surface area contributed by atoms with Gasteiger partial charge >= 0.3 is 0 Å². The van der Waals surface area contributed by atoms with Gasteiger partial charge in [0.25, 0.3) is 0 Å². The third kappa shape index (κ3) is 2.12. The molecule has 0 bridgehead atoms. The number of hydrogen-bond acceptors (Lipinski definition) is 3. The van der Waals surface area contributed by atoms with Gasteiger partial charge in [0.15, 0.2) is 0 Å². The van der Waals surface area contributed by atoms with Crippen LogP contribution in [0.15, 0.2) is 29.4 Å². The van der Waals surface area contributed by atoms with E-state index in [0.29, 0.717) is 5.69 Å². The third-order valence-corrected chi connectivity index (χ3v) is 1.96. The van der Waals surface area contributed by atoms with Gasteiger partial charge in [-0.25, -0.2) is 0 Å². The van der Waals surface area contributed by atoms with Crippen LogP contribution in [0.1, 0.15) is 24.8 Å². The van der Waals surface area contributed by atoms with E-state index in [1.807, 2.05) is 6.92 Å². The number of benzene rings is 1. The van der Waals surface area contributed by atoms with Crippen molar-refractivity contribution in [2.45, 2.75) is 19.3 Å². The molecule has 0 aliphatic heterocycles. The first kappa shape index (κ1) is 9.40. The zero-order valence-electron chi connectivity index (χ0n) is 7.40. The highest BCUT2D eigenvalue weighted by Crippen LogP contribution is 2.21. The van der Waals surface area contributed by atoms with E-state index in [9.17, 15) is 4.91 Å². The Morgan fingerprint density at radius 2 is 2.08 bits per heavy atom. The second-order valence-electron chi connectivity index (χ2n) is 2.77. The number of hydrogen-bond donors (Lipinski definition) is 0. The molecule has 1 aromatic rings. The minimum atomic E-state index is -0.0827. The standard InChI is InChI=1S/C10H10N2O/c1-2-8(7-11)9-3-5-10(12-13)6-4-9/h3-6,8H,2H2,1H3. The first-order valence-corrected chi connectivity index (χ1v) is 4.14. The second-order valence-corrected chi connectivity index (χ2v) is 2.77. The van der Waals surface area contributed by atoms with Crippen LogP contribution in [0.2, 0.25) is 0 Å². The molecular formula is C10H10N2O. The zero-order chi connectivity index (χ0) is 9.68. The van der Waals surface area contributed by atoms with E-state index in [0.717, 1.165) is 12.0 Å². The van der Waals surface area contributed by atoms with Crippen LogP contribution < -0.4 is 0 Å². The van der Waals surface area contributed by atoms with E-state index >= 15 is 0 Å². The quantitative estimate of drug-likeness (QED) is 0.661. The summed E-state index contributed by atoms with van der Waals surface area (Å²) >= 11 is 0. The summed E-state index contributed by atoms with van der Waals surface area (Å²) in [5.74, 6) is -0.0827. The minimum Gasteiger partial charge on any atom is -0.198 e. The molecule has 3 nitrogen and oxygen atoms in total. The van der Waals surface area contributed by atoms with Crippen molar-refractivity contribution in [2.24, 2.45) is 5.18 Å². The van der Waals surface area contributed by atoms with E-state index in [-0.39, 0.29) is 5.92 Å². The Morgan fingerprint density at radius 3 is 2.46 bits per heavy atom. The summed E-state index contributed by atoms with van der Waals surface area (Å²) in [7, 11) is 0. The maximum absolute atomic E-state index is 10.1. The molecule has 1 aromatic carbocycles. The molecule has 1 rings (SSSR count). The molecule has 0 aliphatic carbocycles. The summed E-state index contributed by atoms with van der Waals surface area (Å²) in [6, 6.07) is 9.00. The Morgan fingerprint density at radius 1 is 1.46 bits per heavy atom. The summed E-state index contributed by atoms with van der Waals surface area (Å²) in [4.78, 5) is 10.1. The van der Waals surface area contributed by atoms with Gasteiger partial charge < -0.3 is 0 Å². The Labute approximate surface area is 77.0 Å². The smallest absolute Gasteiger partial charge is 0.108 e. The van der Waals surface area contributed by atoms with Crippen LogP contribution in [0.3, 0.4) is 0 Å². The predicted octanol–water partition coefficient (Wildman–Crippen LogP) is 3.10. The zero-order valence-corrected chi connectivity index (χ0v) is 7.40. The van der Waals surface area contributed by atoms with Crippen LogP contribution in [0.4, 0.5) is 5.69 Å². The van der Waals surface area contributed by atoms with Crippen molar-refractivity contribution in [2.75, 3.05) is 0 Å². The minimum absolute atomic E-state index is 0.0827. The van der Waals surface area contributed by atoms with Crippen LogP contribution in [-0.2, 0) is 0 Å². The van der Waals surface area contributed by atoms with E-state index < -0.39 is 0 Å². The van der Waals surface area contributed by atoms with Crippen molar-refractivity contribution < 1.29 is 0 Å². The lowest BCUT2D eigenvalue weighted by Crippen LogP contribution is -1.92. The number of rotatable bonds is 3. The highest BCUT2D eigenvalue weighted by molar-refractivity contribution is 5.40. The first-order valence-electron chi connectivity index (χ1n) is 4.14. The molecule has 0 saturated carbocycles. The van der Waals surface area contributed by atoms with E-state index in [1.165, 1.54) is 0 Å². The molecule has 1 atom stereocenters. The molecule has 66 valence electrons. The third-order valence-electron chi connectivity index (χ3n) is 1.96. The monoisotopic (exact) mass is 174 g/mol. The van der Waals surface area contributed by atoms with Crippen molar-refractivity contribution in [3.05, 3.63) is 34.7 Å². The number of nitriles is 1. The lowest BCUT2D eigenvalue weighted by molar-refractivity contribution is 0.818. The van der Waals surface area contributed by atoms with Gasteiger partial charge in [-0.1, -0.05) is 19.1 Å². The molecule has 0 saturated heterocycles. The van der Waals surface area contributed by atoms with E-state index in [1.54, 1.807) is 24.3 Å². The normalized spacial score (nSPS) is 11.7. The van der Waals surface area contributed by atoms with Crippen molar-refractivity contribution in [3.63, 3.8) is 0 Å². The lowest BCUT2D eigenvalue weighted by atomic mass is 9.98. The Kier molecular flexibility index (Phi) is 3.15. The van der Waals surface area contributed by atoms with Gasteiger partial charge in [-0.05, 0) is 29.3 Å². The summed E-state index contributed by atoms with van der Waals surface area (Å²) in [5, 5.41) is 11.6. The fraction of sp³-hybridized carbons (Fsp3) is 0.300. The molecule has 0 radical (unpaired) electrons. The maximum Gasteiger partial charge on any atom is 0.108 e. The van der Waals surface area contributed by atoms with Crippen molar-refractivity contribution in [1.29, 1.82) is 5.26 Å². The molecule has 3 heteroatoms. The average Bonchev–Trinajstić information content (AvgIpc) is 2.21. The van der Waals surface area contributed by atoms with Crippen molar-refractivity contribution in [1.82, 2.24) is 0 Å². The summed E-state index contributed by atoms with van der Waals surface area (Å²) in [6.45, 7) is 1.96. The van der Waals surface area contributed by atoms with Gasteiger partial charge in [-0.2, -0.15) is 5.26 Å². The Hall–Kier alpha value is -1.69. The van der Waals surface area contributed by atoms with Crippen LogP contribution in [0.5, 0.6) is 0 Å². The van der Waals surface area contributed by atoms with Crippen LogP contribution >= 0.6 is 0 Å². The van der Waals surface area contributed by atoms with Crippen LogP contribution in [-0.4, -0.2) is 0 Å². The van der Waals surface area contributed by atoms with Crippen molar-refractivity contribution >= 4 is 5.69 Å². The molecular weight excluding hydrogens is 164 g/mol. The number of nitroso groups, excluding NO2 is 1. The molecule has 13 heavy (non-hydrogen) atoms. The molecule has 0 fully saturated rings. The van der Waals surface area contributed by atoms with Gasteiger partial charge in [-0.15, -0.1) is 4.91 Å². The summed E-state index contributed by atoms with van der Waals surface area (Å²) < 4.78 is 0. The first-order chi connectivity index (χ1) is 6.31. The molecule has 1 unspecified atom stereocenters. The van der Waals surface area contributed by atoms with Gasteiger partial charge in [0, 0.05) is 0 Å². The molecule has 0 spiro atoms.